The summed E-state index contributed by atoms with van der Waals surface area (Å²) in [5, 5.41) is 10.8. The Morgan fingerprint density at radius 3 is 2.56 bits per heavy atom. The SMILES string of the molecule is COc1cccnc1N1C[C@H]2C[C@@H](N3CCN(C)CC3)[C@H](O)C[C@H]2C1. The van der Waals surface area contributed by atoms with Gasteiger partial charge in [-0.1, -0.05) is 0 Å². The molecule has 0 amide bonds. The molecule has 6 nitrogen and oxygen atoms in total. The Kier molecular flexibility index (Phi) is 4.84. The van der Waals surface area contributed by atoms with Crippen LogP contribution in [-0.4, -0.2) is 85.5 Å². The zero-order valence-corrected chi connectivity index (χ0v) is 15.3. The Morgan fingerprint density at radius 1 is 1.12 bits per heavy atom. The Hall–Kier alpha value is -1.37. The maximum absolute atomic E-state index is 10.8. The van der Waals surface area contributed by atoms with Gasteiger partial charge in [-0.25, -0.2) is 4.98 Å². The monoisotopic (exact) mass is 346 g/mol. The largest absolute Gasteiger partial charge is 0.493 e. The summed E-state index contributed by atoms with van der Waals surface area (Å²) in [6.45, 7) is 6.36. The van der Waals surface area contributed by atoms with Crippen LogP contribution in [0.2, 0.25) is 0 Å². The van der Waals surface area contributed by atoms with Crippen molar-refractivity contribution < 1.29 is 9.84 Å². The summed E-state index contributed by atoms with van der Waals surface area (Å²) in [7, 11) is 3.89. The topological polar surface area (TPSA) is 52.1 Å². The number of rotatable bonds is 3. The highest BCUT2D eigenvalue weighted by Gasteiger charge is 2.44. The number of aliphatic hydroxyl groups excluding tert-OH is 1. The third-order valence-corrected chi connectivity index (χ3v) is 6.39. The molecule has 25 heavy (non-hydrogen) atoms. The second kappa shape index (κ2) is 7.09. The molecule has 0 aromatic carbocycles. The number of likely N-dealkylation sites (N-methyl/N-ethyl adjacent to an activating group) is 1. The van der Waals surface area contributed by atoms with Crippen LogP contribution in [0.4, 0.5) is 5.82 Å². The molecule has 3 heterocycles. The van der Waals surface area contributed by atoms with Crippen LogP contribution >= 0.6 is 0 Å². The minimum atomic E-state index is -0.199. The highest BCUT2D eigenvalue weighted by Crippen LogP contribution is 2.41. The number of fused-ring (bicyclic) bond motifs is 1. The minimum Gasteiger partial charge on any atom is -0.493 e. The number of nitrogens with zero attached hydrogens (tertiary/aromatic N) is 4. The molecule has 0 bridgehead atoms. The van der Waals surface area contributed by atoms with E-state index in [0.717, 1.165) is 63.7 Å². The van der Waals surface area contributed by atoms with Gasteiger partial charge in [-0.05, 0) is 43.9 Å². The Morgan fingerprint density at radius 2 is 1.84 bits per heavy atom. The number of hydrogen-bond acceptors (Lipinski definition) is 6. The second-order valence-corrected chi connectivity index (χ2v) is 7.90. The summed E-state index contributed by atoms with van der Waals surface area (Å²) >= 11 is 0. The van der Waals surface area contributed by atoms with E-state index in [-0.39, 0.29) is 6.10 Å². The summed E-state index contributed by atoms with van der Waals surface area (Å²) < 4.78 is 5.49. The van der Waals surface area contributed by atoms with Gasteiger partial charge in [0.25, 0.3) is 0 Å². The van der Waals surface area contributed by atoms with Crippen LogP contribution in [0.15, 0.2) is 18.3 Å². The van der Waals surface area contributed by atoms with Gasteiger partial charge < -0.3 is 19.6 Å². The van der Waals surface area contributed by atoms with E-state index in [1.165, 1.54) is 0 Å². The maximum atomic E-state index is 10.8. The average Bonchev–Trinajstić information content (AvgIpc) is 3.04. The van der Waals surface area contributed by atoms with E-state index in [4.69, 9.17) is 4.74 Å². The summed E-state index contributed by atoms with van der Waals surface area (Å²) in [6, 6.07) is 4.21. The molecule has 1 N–H and O–H groups in total. The van der Waals surface area contributed by atoms with Crippen LogP contribution in [0, 0.1) is 11.8 Å². The first-order valence-electron chi connectivity index (χ1n) is 9.50. The zero-order chi connectivity index (χ0) is 17.4. The Bertz CT molecular complexity index is 591. The molecule has 4 atom stereocenters. The highest BCUT2D eigenvalue weighted by molar-refractivity contribution is 5.53. The first-order chi connectivity index (χ1) is 12.2. The van der Waals surface area contributed by atoms with Gasteiger partial charge >= 0.3 is 0 Å². The van der Waals surface area contributed by atoms with E-state index in [2.05, 4.69) is 26.7 Å². The lowest BCUT2D eigenvalue weighted by molar-refractivity contribution is -0.0249. The molecule has 0 radical (unpaired) electrons. The lowest BCUT2D eigenvalue weighted by Gasteiger charge is -2.44. The van der Waals surface area contributed by atoms with Crippen molar-refractivity contribution in [2.24, 2.45) is 11.8 Å². The van der Waals surface area contributed by atoms with Gasteiger partial charge in [0.15, 0.2) is 11.6 Å². The van der Waals surface area contributed by atoms with Gasteiger partial charge in [0, 0.05) is 51.5 Å². The molecule has 3 aliphatic rings. The van der Waals surface area contributed by atoms with Crippen molar-refractivity contribution in [3.63, 3.8) is 0 Å². The van der Waals surface area contributed by atoms with Gasteiger partial charge in [0.1, 0.15) is 0 Å². The normalized spacial score (nSPS) is 34.1. The molecule has 1 aromatic heterocycles. The van der Waals surface area contributed by atoms with Gasteiger partial charge in [0.2, 0.25) is 0 Å². The van der Waals surface area contributed by atoms with Crippen molar-refractivity contribution >= 4 is 5.82 Å². The van der Waals surface area contributed by atoms with E-state index in [0.29, 0.717) is 17.9 Å². The number of pyridine rings is 1. The lowest BCUT2D eigenvalue weighted by Crippen LogP contribution is -2.55. The lowest BCUT2D eigenvalue weighted by atomic mass is 9.77. The molecule has 1 aromatic rings. The van der Waals surface area contributed by atoms with E-state index in [1.807, 2.05) is 18.3 Å². The molecule has 0 unspecified atom stereocenters. The van der Waals surface area contributed by atoms with Crippen LogP contribution in [0.25, 0.3) is 0 Å². The van der Waals surface area contributed by atoms with Gasteiger partial charge in [-0.2, -0.15) is 0 Å². The molecule has 4 rings (SSSR count). The molecular formula is C19H30N4O2. The van der Waals surface area contributed by atoms with Gasteiger partial charge in [-0.3, -0.25) is 4.90 Å². The quantitative estimate of drug-likeness (QED) is 0.878. The van der Waals surface area contributed by atoms with Crippen molar-refractivity contribution in [2.45, 2.75) is 25.0 Å². The van der Waals surface area contributed by atoms with Crippen LogP contribution in [0.3, 0.4) is 0 Å². The predicted octanol–water partition coefficient (Wildman–Crippen LogP) is 0.913. The summed E-state index contributed by atoms with van der Waals surface area (Å²) in [4.78, 5) is 11.8. The zero-order valence-electron chi connectivity index (χ0n) is 15.3. The van der Waals surface area contributed by atoms with E-state index < -0.39 is 0 Å². The molecule has 1 aliphatic carbocycles. The van der Waals surface area contributed by atoms with Gasteiger partial charge in [0.05, 0.1) is 13.2 Å². The third-order valence-electron chi connectivity index (χ3n) is 6.39. The fraction of sp³-hybridized carbons (Fsp3) is 0.737. The number of aliphatic hydroxyl groups is 1. The summed E-state index contributed by atoms with van der Waals surface area (Å²) in [6.07, 6.45) is 3.64. The number of piperazine rings is 1. The molecule has 6 heteroatoms. The number of anilines is 1. The summed E-state index contributed by atoms with van der Waals surface area (Å²) in [5.74, 6) is 2.99. The molecule has 2 aliphatic heterocycles. The number of methoxy groups -OCH3 is 1. The first kappa shape index (κ1) is 17.1. The van der Waals surface area contributed by atoms with E-state index in [9.17, 15) is 5.11 Å². The van der Waals surface area contributed by atoms with Crippen molar-refractivity contribution in [1.29, 1.82) is 0 Å². The smallest absolute Gasteiger partial charge is 0.171 e. The first-order valence-corrected chi connectivity index (χ1v) is 9.50. The highest BCUT2D eigenvalue weighted by atomic mass is 16.5. The van der Waals surface area contributed by atoms with E-state index in [1.54, 1.807) is 7.11 Å². The number of ether oxygens (including phenoxy) is 1. The molecule has 138 valence electrons. The van der Waals surface area contributed by atoms with Crippen molar-refractivity contribution in [3.05, 3.63) is 18.3 Å². The third kappa shape index (κ3) is 3.35. The Balaban J connectivity index is 1.45. The second-order valence-electron chi connectivity index (χ2n) is 7.90. The van der Waals surface area contributed by atoms with Crippen molar-refractivity contribution in [2.75, 3.05) is 58.3 Å². The van der Waals surface area contributed by atoms with Crippen LogP contribution < -0.4 is 9.64 Å². The fourth-order valence-corrected chi connectivity index (χ4v) is 4.91. The van der Waals surface area contributed by atoms with Crippen LogP contribution in [0.1, 0.15) is 12.8 Å². The Labute approximate surface area is 150 Å². The molecule has 1 saturated carbocycles. The fourth-order valence-electron chi connectivity index (χ4n) is 4.91. The predicted molar refractivity (Wildman–Crippen MR) is 98.1 cm³/mol. The van der Waals surface area contributed by atoms with Gasteiger partial charge in [-0.15, -0.1) is 0 Å². The van der Waals surface area contributed by atoms with Crippen molar-refractivity contribution in [1.82, 2.24) is 14.8 Å². The molecular weight excluding hydrogens is 316 g/mol. The number of hydrogen-bond donors (Lipinski definition) is 1. The standard InChI is InChI=1S/C19H30N4O2/c1-21-6-8-22(9-7-21)16-10-14-12-23(13-15(14)11-17(16)24)19-18(25-2)4-3-5-20-19/h3-5,14-17,24H,6-13H2,1-2H3/t14-,15+,16-,17-/m1/s1. The molecule has 0 spiro atoms. The summed E-state index contributed by atoms with van der Waals surface area (Å²) in [5.41, 5.74) is 0. The molecule has 2 saturated heterocycles. The van der Waals surface area contributed by atoms with E-state index >= 15 is 0 Å². The average molecular weight is 346 g/mol. The number of aromatic nitrogens is 1. The van der Waals surface area contributed by atoms with Crippen molar-refractivity contribution in [3.8, 4) is 5.75 Å². The van der Waals surface area contributed by atoms with Crippen LogP contribution in [0.5, 0.6) is 5.75 Å². The molecule has 3 fully saturated rings. The van der Waals surface area contributed by atoms with Crippen LogP contribution in [-0.2, 0) is 0 Å². The minimum absolute atomic E-state index is 0.199. The maximum Gasteiger partial charge on any atom is 0.171 e.